The van der Waals surface area contributed by atoms with E-state index in [1.165, 1.54) is 32.1 Å². The number of hydrogen-bond acceptors (Lipinski definition) is 2. The van der Waals surface area contributed by atoms with Crippen molar-refractivity contribution in [2.45, 2.75) is 58.4 Å². The van der Waals surface area contributed by atoms with Gasteiger partial charge in [-0.25, -0.2) is 4.79 Å². The molecule has 114 valence electrons. The van der Waals surface area contributed by atoms with Crippen LogP contribution in [0.15, 0.2) is 28.7 Å². The smallest absolute Gasteiger partial charge is 0.462 e. The summed E-state index contributed by atoms with van der Waals surface area (Å²) in [5.74, 6) is -0.976. The topological polar surface area (TPSA) is 54.3 Å². The summed E-state index contributed by atoms with van der Waals surface area (Å²) >= 11 is 0. The Balaban J connectivity index is 1.94. The fourth-order valence-corrected chi connectivity index (χ4v) is 2.64. The fraction of sp³-hybridized carbons (Fsp3) is 0.529. The fourth-order valence-electron chi connectivity index (χ4n) is 2.64. The Bertz CT molecular complexity index is 589. The lowest BCUT2D eigenvalue weighted by molar-refractivity contribution is -0.679. The third-order valence-electron chi connectivity index (χ3n) is 3.78. The number of oxazole rings is 1. The van der Waals surface area contributed by atoms with Crippen molar-refractivity contribution in [3.8, 4) is 0 Å². The molecule has 0 aliphatic heterocycles. The monoisotopic (exact) mass is 290 g/mol. The van der Waals surface area contributed by atoms with Crippen LogP contribution in [0.1, 0.15) is 62.6 Å². The van der Waals surface area contributed by atoms with Crippen molar-refractivity contribution in [2.24, 2.45) is 0 Å². The van der Waals surface area contributed by atoms with Gasteiger partial charge in [-0.2, -0.15) is 4.57 Å². The Kier molecular flexibility index (Phi) is 5.78. The van der Waals surface area contributed by atoms with Crippen molar-refractivity contribution in [3.63, 3.8) is 0 Å². The maximum Gasteiger partial charge on any atom is 0.462 e. The summed E-state index contributed by atoms with van der Waals surface area (Å²) in [4.78, 5) is 11.3. The molecule has 1 heterocycles. The van der Waals surface area contributed by atoms with E-state index in [1.54, 1.807) is 4.57 Å². The van der Waals surface area contributed by atoms with Crippen LogP contribution in [0, 0.1) is 0 Å². The van der Waals surface area contributed by atoms with E-state index in [9.17, 15) is 9.90 Å². The predicted molar refractivity (Wildman–Crippen MR) is 81.4 cm³/mol. The molecule has 0 saturated heterocycles. The molecule has 0 aliphatic carbocycles. The van der Waals surface area contributed by atoms with E-state index in [4.69, 9.17) is 4.42 Å². The minimum absolute atomic E-state index is 0.0298. The zero-order valence-corrected chi connectivity index (χ0v) is 12.7. The van der Waals surface area contributed by atoms with E-state index in [-0.39, 0.29) is 5.89 Å². The third kappa shape index (κ3) is 4.06. The molecule has 1 aromatic carbocycles. The molecule has 0 aliphatic rings. The SMILES string of the molecule is CCCCCCCCC[n+]1c(C(=O)O)oc2ccccc21. The van der Waals surface area contributed by atoms with Crippen LogP contribution in [0.5, 0.6) is 0 Å². The summed E-state index contributed by atoms with van der Waals surface area (Å²) in [5, 5.41) is 9.25. The number of aryl methyl sites for hydroxylation is 1. The molecule has 1 aromatic heterocycles. The molecular formula is C17H24NO3+. The van der Waals surface area contributed by atoms with Crippen LogP contribution in [-0.4, -0.2) is 11.1 Å². The van der Waals surface area contributed by atoms with Gasteiger partial charge in [0.05, 0.1) is 0 Å². The van der Waals surface area contributed by atoms with Crippen molar-refractivity contribution in [2.75, 3.05) is 0 Å². The summed E-state index contributed by atoms with van der Waals surface area (Å²) in [6.07, 6.45) is 8.49. The van der Waals surface area contributed by atoms with E-state index in [0.29, 0.717) is 12.1 Å². The van der Waals surface area contributed by atoms with E-state index < -0.39 is 5.97 Å². The molecule has 4 heteroatoms. The van der Waals surface area contributed by atoms with Gasteiger partial charge in [0, 0.05) is 12.5 Å². The Morgan fingerprint density at radius 1 is 1.10 bits per heavy atom. The number of fused-ring (bicyclic) bond motifs is 1. The molecule has 0 radical (unpaired) electrons. The second kappa shape index (κ2) is 7.81. The second-order valence-electron chi connectivity index (χ2n) is 5.45. The number of benzene rings is 1. The van der Waals surface area contributed by atoms with Gasteiger partial charge in [0.25, 0.3) is 5.52 Å². The normalized spacial score (nSPS) is 11.1. The average Bonchev–Trinajstić information content (AvgIpc) is 2.85. The minimum atomic E-state index is -1.01. The third-order valence-corrected chi connectivity index (χ3v) is 3.78. The predicted octanol–water partition coefficient (Wildman–Crippen LogP) is 4.17. The molecule has 0 fully saturated rings. The largest absolute Gasteiger partial charge is 0.471 e. The van der Waals surface area contributed by atoms with E-state index in [0.717, 1.165) is 18.4 Å². The lowest BCUT2D eigenvalue weighted by atomic mass is 10.1. The van der Waals surface area contributed by atoms with Gasteiger partial charge in [0.1, 0.15) is 0 Å². The summed E-state index contributed by atoms with van der Waals surface area (Å²) < 4.78 is 7.22. The zero-order valence-electron chi connectivity index (χ0n) is 12.7. The summed E-state index contributed by atoms with van der Waals surface area (Å²) in [6, 6.07) is 7.48. The van der Waals surface area contributed by atoms with E-state index >= 15 is 0 Å². The number of para-hydroxylation sites is 2. The van der Waals surface area contributed by atoms with Crippen LogP contribution in [0.4, 0.5) is 0 Å². The van der Waals surface area contributed by atoms with Crippen LogP contribution in [0.2, 0.25) is 0 Å². The summed E-state index contributed by atoms with van der Waals surface area (Å²) in [7, 11) is 0. The maximum atomic E-state index is 11.3. The highest BCUT2D eigenvalue weighted by atomic mass is 16.4. The molecule has 0 atom stereocenters. The Labute approximate surface area is 125 Å². The average molecular weight is 290 g/mol. The standard InChI is InChI=1S/C17H23NO3/c1-2-3-4-5-6-7-10-13-18-14-11-8-9-12-15(14)21-16(18)17(19)20/h8-9,11-12H,2-7,10,13H2,1H3/p+1. The van der Waals surface area contributed by atoms with Gasteiger partial charge < -0.3 is 9.52 Å². The number of carbonyl (C=O) groups is 1. The molecule has 0 bridgehead atoms. The zero-order chi connectivity index (χ0) is 15.1. The number of unbranched alkanes of at least 4 members (excludes halogenated alkanes) is 6. The molecule has 0 unspecified atom stereocenters. The number of carboxylic acids is 1. The van der Waals surface area contributed by atoms with E-state index in [2.05, 4.69) is 6.92 Å². The second-order valence-corrected chi connectivity index (χ2v) is 5.45. The highest BCUT2D eigenvalue weighted by molar-refractivity contribution is 5.83. The summed E-state index contributed by atoms with van der Waals surface area (Å²) in [6.45, 7) is 2.92. The van der Waals surface area contributed by atoms with Gasteiger partial charge in [-0.05, 0) is 12.5 Å². The first-order valence-electron chi connectivity index (χ1n) is 7.88. The highest BCUT2D eigenvalue weighted by Crippen LogP contribution is 2.14. The molecule has 0 amide bonds. The van der Waals surface area contributed by atoms with Crippen molar-refractivity contribution in [1.29, 1.82) is 0 Å². The van der Waals surface area contributed by atoms with Gasteiger partial charge in [-0.1, -0.05) is 51.2 Å². The van der Waals surface area contributed by atoms with Gasteiger partial charge in [-0.3, -0.25) is 0 Å². The Morgan fingerprint density at radius 3 is 2.48 bits per heavy atom. The Hall–Kier alpha value is -1.84. The van der Waals surface area contributed by atoms with Crippen LogP contribution in [0.3, 0.4) is 0 Å². The van der Waals surface area contributed by atoms with Gasteiger partial charge in [0.15, 0.2) is 6.54 Å². The number of aromatic carboxylic acids is 1. The van der Waals surface area contributed by atoms with Gasteiger partial charge in [-0.15, -0.1) is 0 Å². The number of rotatable bonds is 9. The lowest BCUT2D eigenvalue weighted by Gasteiger charge is -1.99. The molecule has 0 saturated carbocycles. The number of hydrogen-bond donors (Lipinski definition) is 1. The molecule has 21 heavy (non-hydrogen) atoms. The highest BCUT2D eigenvalue weighted by Gasteiger charge is 2.27. The minimum Gasteiger partial charge on any atom is -0.471 e. The summed E-state index contributed by atoms with van der Waals surface area (Å²) in [5.41, 5.74) is 1.50. The molecular weight excluding hydrogens is 266 g/mol. The van der Waals surface area contributed by atoms with Crippen molar-refractivity contribution >= 4 is 17.1 Å². The number of nitrogens with zero attached hydrogens (tertiary/aromatic N) is 1. The molecule has 0 spiro atoms. The van der Waals surface area contributed by atoms with Gasteiger partial charge >= 0.3 is 11.9 Å². The first kappa shape index (κ1) is 15.5. The van der Waals surface area contributed by atoms with Crippen LogP contribution >= 0.6 is 0 Å². The number of aromatic nitrogens is 1. The Morgan fingerprint density at radius 2 is 1.76 bits per heavy atom. The quantitative estimate of drug-likeness (QED) is 0.557. The van der Waals surface area contributed by atoms with Gasteiger partial charge in [0.2, 0.25) is 5.58 Å². The van der Waals surface area contributed by atoms with E-state index in [1.807, 2.05) is 24.3 Å². The molecule has 1 N–H and O–H groups in total. The van der Waals surface area contributed by atoms with Crippen LogP contribution < -0.4 is 4.57 Å². The van der Waals surface area contributed by atoms with Crippen LogP contribution in [0.25, 0.3) is 11.1 Å². The van der Waals surface area contributed by atoms with Crippen molar-refractivity contribution < 1.29 is 18.9 Å². The van der Waals surface area contributed by atoms with Crippen molar-refractivity contribution in [1.82, 2.24) is 0 Å². The maximum absolute atomic E-state index is 11.3. The molecule has 4 nitrogen and oxygen atoms in total. The van der Waals surface area contributed by atoms with Crippen LogP contribution in [-0.2, 0) is 6.54 Å². The van der Waals surface area contributed by atoms with Crippen molar-refractivity contribution in [3.05, 3.63) is 30.2 Å². The first-order chi connectivity index (χ1) is 10.2. The first-order valence-corrected chi connectivity index (χ1v) is 7.88. The molecule has 2 rings (SSSR count). The number of carboxylic acid groups (broad SMARTS) is 1. The molecule has 2 aromatic rings. The lowest BCUT2D eigenvalue weighted by Crippen LogP contribution is -2.38.